The van der Waals surface area contributed by atoms with Gasteiger partial charge in [0.15, 0.2) is 0 Å². The molecule has 0 heterocycles. The van der Waals surface area contributed by atoms with Crippen LogP contribution in [-0.4, -0.2) is 36.5 Å². The summed E-state index contributed by atoms with van der Waals surface area (Å²) < 4.78 is 5.19. The first-order valence-electron chi connectivity index (χ1n) is 7.36. The van der Waals surface area contributed by atoms with Gasteiger partial charge in [0.2, 0.25) is 0 Å². The van der Waals surface area contributed by atoms with Gasteiger partial charge in [-0.2, -0.15) is 0 Å². The summed E-state index contributed by atoms with van der Waals surface area (Å²) in [4.78, 5) is 14.6. The summed E-state index contributed by atoms with van der Waals surface area (Å²) in [5, 5.41) is 0. The summed E-state index contributed by atoms with van der Waals surface area (Å²) in [6.07, 6.45) is 4.02. The average molecular weight is 276 g/mol. The second-order valence-corrected chi connectivity index (χ2v) is 5.39. The van der Waals surface area contributed by atoms with Crippen molar-refractivity contribution in [2.45, 2.75) is 44.7 Å². The lowest BCUT2D eigenvalue weighted by Gasteiger charge is -2.35. The van der Waals surface area contributed by atoms with Crippen LogP contribution in [-0.2, 0) is 0 Å². The Hall–Kier alpha value is -1.55. The zero-order valence-corrected chi connectivity index (χ0v) is 12.3. The van der Waals surface area contributed by atoms with E-state index in [1.165, 1.54) is 0 Å². The van der Waals surface area contributed by atoms with Crippen molar-refractivity contribution in [1.29, 1.82) is 0 Å². The Morgan fingerprint density at radius 2 is 2.05 bits per heavy atom. The molecule has 0 atom stereocenters. The molecule has 0 aliphatic heterocycles. The predicted octanol–water partition coefficient (Wildman–Crippen LogP) is 2.43. The van der Waals surface area contributed by atoms with E-state index in [2.05, 4.69) is 0 Å². The first kappa shape index (κ1) is 14.9. The number of amides is 1. The zero-order chi connectivity index (χ0) is 14.5. The summed E-state index contributed by atoms with van der Waals surface area (Å²) >= 11 is 0. The highest BCUT2D eigenvalue weighted by atomic mass is 16.5. The standard InChI is InChI=1S/C16H24N2O2/c1-3-18(14-9-7-13(17)8-10-14)16(19)12-5-4-6-15(11-12)20-2/h4-6,11,13-14H,3,7-10,17H2,1-2H3. The maximum absolute atomic E-state index is 12.7. The van der Waals surface area contributed by atoms with Crippen molar-refractivity contribution in [3.05, 3.63) is 29.8 Å². The van der Waals surface area contributed by atoms with Crippen molar-refractivity contribution >= 4 is 5.91 Å². The molecule has 4 heteroatoms. The molecule has 20 heavy (non-hydrogen) atoms. The molecule has 0 bridgehead atoms. The van der Waals surface area contributed by atoms with Crippen LogP contribution in [0.3, 0.4) is 0 Å². The van der Waals surface area contributed by atoms with Crippen molar-refractivity contribution < 1.29 is 9.53 Å². The Bertz CT molecular complexity index is 454. The molecule has 1 amide bonds. The Morgan fingerprint density at radius 3 is 2.65 bits per heavy atom. The highest BCUT2D eigenvalue weighted by Crippen LogP contribution is 2.24. The lowest BCUT2D eigenvalue weighted by molar-refractivity contribution is 0.0640. The van der Waals surface area contributed by atoms with E-state index in [4.69, 9.17) is 10.5 Å². The molecule has 0 saturated heterocycles. The maximum Gasteiger partial charge on any atom is 0.254 e. The molecule has 2 rings (SSSR count). The second kappa shape index (κ2) is 6.75. The number of methoxy groups -OCH3 is 1. The minimum Gasteiger partial charge on any atom is -0.497 e. The maximum atomic E-state index is 12.7. The third-order valence-corrected chi connectivity index (χ3v) is 4.10. The largest absolute Gasteiger partial charge is 0.497 e. The summed E-state index contributed by atoms with van der Waals surface area (Å²) in [5.74, 6) is 0.810. The molecule has 4 nitrogen and oxygen atoms in total. The van der Waals surface area contributed by atoms with Crippen LogP contribution in [0.15, 0.2) is 24.3 Å². The fourth-order valence-electron chi connectivity index (χ4n) is 2.90. The zero-order valence-electron chi connectivity index (χ0n) is 12.3. The van der Waals surface area contributed by atoms with Crippen LogP contribution >= 0.6 is 0 Å². The van der Waals surface area contributed by atoms with Gasteiger partial charge in [0.1, 0.15) is 5.75 Å². The van der Waals surface area contributed by atoms with Gasteiger partial charge in [-0.25, -0.2) is 0 Å². The highest BCUT2D eigenvalue weighted by molar-refractivity contribution is 5.94. The van der Waals surface area contributed by atoms with E-state index < -0.39 is 0 Å². The summed E-state index contributed by atoms with van der Waals surface area (Å²) in [7, 11) is 1.61. The summed E-state index contributed by atoms with van der Waals surface area (Å²) in [6.45, 7) is 2.77. The van der Waals surface area contributed by atoms with E-state index in [1.807, 2.05) is 30.0 Å². The molecule has 0 aromatic heterocycles. The van der Waals surface area contributed by atoms with Crippen LogP contribution in [0.25, 0.3) is 0 Å². The molecule has 0 unspecified atom stereocenters. The number of carbonyl (C=O) groups excluding carboxylic acids is 1. The SMILES string of the molecule is CCN(C(=O)c1cccc(OC)c1)C1CCC(N)CC1. The number of rotatable bonds is 4. The quantitative estimate of drug-likeness (QED) is 0.919. The van der Waals surface area contributed by atoms with Crippen LogP contribution in [0.4, 0.5) is 0 Å². The van der Waals surface area contributed by atoms with Gasteiger partial charge in [-0.3, -0.25) is 4.79 Å². The third-order valence-electron chi connectivity index (χ3n) is 4.10. The van der Waals surface area contributed by atoms with Gasteiger partial charge < -0.3 is 15.4 Å². The topological polar surface area (TPSA) is 55.6 Å². The molecule has 0 radical (unpaired) electrons. The van der Waals surface area contributed by atoms with Gasteiger partial charge in [-0.05, 0) is 50.8 Å². The van der Waals surface area contributed by atoms with E-state index in [9.17, 15) is 4.79 Å². The van der Waals surface area contributed by atoms with Crippen LogP contribution < -0.4 is 10.5 Å². The van der Waals surface area contributed by atoms with E-state index in [0.717, 1.165) is 38.0 Å². The normalized spacial score (nSPS) is 22.4. The lowest BCUT2D eigenvalue weighted by Crippen LogP contribution is -2.44. The first-order valence-corrected chi connectivity index (χ1v) is 7.36. The Kier molecular flexibility index (Phi) is 5.01. The minimum atomic E-state index is 0.0897. The molecule has 0 spiro atoms. The predicted molar refractivity (Wildman–Crippen MR) is 79.9 cm³/mol. The van der Waals surface area contributed by atoms with Crippen molar-refractivity contribution in [3.63, 3.8) is 0 Å². The summed E-state index contributed by atoms with van der Waals surface area (Å²) in [5.41, 5.74) is 6.64. The number of carbonyl (C=O) groups is 1. The summed E-state index contributed by atoms with van der Waals surface area (Å²) in [6, 6.07) is 7.99. The fraction of sp³-hybridized carbons (Fsp3) is 0.562. The fourth-order valence-corrected chi connectivity index (χ4v) is 2.90. The Balaban J connectivity index is 2.12. The Morgan fingerprint density at radius 1 is 1.35 bits per heavy atom. The van der Waals surface area contributed by atoms with E-state index in [0.29, 0.717) is 17.6 Å². The van der Waals surface area contributed by atoms with Crippen molar-refractivity contribution in [2.75, 3.05) is 13.7 Å². The van der Waals surface area contributed by atoms with Gasteiger partial charge in [0.25, 0.3) is 5.91 Å². The van der Waals surface area contributed by atoms with Crippen molar-refractivity contribution in [1.82, 2.24) is 4.90 Å². The Labute approximate surface area is 120 Å². The number of ether oxygens (including phenoxy) is 1. The van der Waals surface area contributed by atoms with Crippen LogP contribution in [0, 0.1) is 0 Å². The second-order valence-electron chi connectivity index (χ2n) is 5.39. The van der Waals surface area contributed by atoms with E-state index >= 15 is 0 Å². The number of hydrogen-bond acceptors (Lipinski definition) is 3. The van der Waals surface area contributed by atoms with Crippen molar-refractivity contribution in [3.8, 4) is 5.75 Å². The van der Waals surface area contributed by atoms with Gasteiger partial charge in [-0.1, -0.05) is 6.07 Å². The van der Waals surface area contributed by atoms with Crippen LogP contribution in [0.1, 0.15) is 43.0 Å². The van der Waals surface area contributed by atoms with Crippen molar-refractivity contribution in [2.24, 2.45) is 5.73 Å². The number of nitrogens with two attached hydrogens (primary N) is 1. The first-order chi connectivity index (χ1) is 9.65. The molecule has 1 aromatic rings. The smallest absolute Gasteiger partial charge is 0.254 e. The number of hydrogen-bond donors (Lipinski definition) is 1. The van der Waals surface area contributed by atoms with Crippen LogP contribution in [0.2, 0.25) is 0 Å². The minimum absolute atomic E-state index is 0.0897. The van der Waals surface area contributed by atoms with Gasteiger partial charge in [0, 0.05) is 24.2 Å². The number of benzene rings is 1. The highest BCUT2D eigenvalue weighted by Gasteiger charge is 2.27. The monoisotopic (exact) mass is 276 g/mol. The van der Waals surface area contributed by atoms with E-state index in [1.54, 1.807) is 13.2 Å². The average Bonchev–Trinajstić information content (AvgIpc) is 2.50. The lowest BCUT2D eigenvalue weighted by atomic mass is 9.90. The molecule has 1 saturated carbocycles. The van der Waals surface area contributed by atoms with Crippen LogP contribution in [0.5, 0.6) is 5.75 Å². The molecular formula is C16H24N2O2. The molecular weight excluding hydrogens is 252 g/mol. The molecule has 110 valence electrons. The molecule has 2 N–H and O–H groups in total. The molecule has 1 fully saturated rings. The van der Waals surface area contributed by atoms with E-state index in [-0.39, 0.29) is 5.91 Å². The number of nitrogens with zero attached hydrogens (tertiary/aromatic N) is 1. The van der Waals surface area contributed by atoms with Gasteiger partial charge >= 0.3 is 0 Å². The van der Waals surface area contributed by atoms with Gasteiger partial charge in [-0.15, -0.1) is 0 Å². The molecule has 1 aliphatic carbocycles. The third kappa shape index (κ3) is 3.31. The molecule has 1 aromatic carbocycles. The molecule has 1 aliphatic rings. The van der Waals surface area contributed by atoms with Gasteiger partial charge in [0.05, 0.1) is 7.11 Å².